The van der Waals surface area contributed by atoms with Crippen LogP contribution in [-0.2, 0) is 16.1 Å². The minimum absolute atomic E-state index is 0.0468. The summed E-state index contributed by atoms with van der Waals surface area (Å²) in [5.74, 6) is -0.488. The topological polar surface area (TPSA) is 81.1 Å². The van der Waals surface area contributed by atoms with E-state index in [9.17, 15) is 14.7 Å². The van der Waals surface area contributed by atoms with E-state index in [1.807, 2.05) is 0 Å². The molecule has 0 radical (unpaired) electrons. The van der Waals surface area contributed by atoms with Gasteiger partial charge in [-0.05, 0) is 24.1 Å². The van der Waals surface area contributed by atoms with Crippen molar-refractivity contribution >= 4 is 35.0 Å². The Kier molecular flexibility index (Phi) is 7.07. The van der Waals surface area contributed by atoms with E-state index >= 15 is 0 Å². The Hall–Kier alpha value is -1.34. The third-order valence-corrected chi connectivity index (χ3v) is 4.96. The van der Waals surface area contributed by atoms with Gasteiger partial charge in [0.05, 0.1) is 16.1 Å². The number of nitrogens with zero attached hydrogens (tertiary/aromatic N) is 2. The summed E-state index contributed by atoms with van der Waals surface area (Å²) >= 11 is 12.0. The summed E-state index contributed by atoms with van der Waals surface area (Å²) in [6.45, 7) is 2.12. The van der Waals surface area contributed by atoms with Crippen molar-refractivity contribution in [1.82, 2.24) is 9.80 Å². The second-order valence-corrected chi connectivity index (χ2v) is 6.98. The summed E-state index contributed by atoms with van der Waals surface area (Å²) in [6, 6.07) is 4.44. The molecule has 1 fully saturated rings. The Morgan fingerprint density at radius 2 is 2.04 bits per heavy atom. The molecule has 2 atom stereocenters. The summed E-state index contributed by atoms with van der Waals surface area (Å²) in [5, 5.41) is 19.8. The van der Waals surface area contributed by atoms with Crippen LogP contribution < -0.4 is 0 Å². The van der Waals surface area contributed by atoms with Crippen molar-refractivity contribution in [3.8, 4) is 0 Å². The number of carbonyl (C=O) groups excluding carboxylic acids is 2. The molecule has 6 nitrogen and oxygen atoms in total. The van der Waals surface area contributed by atoms with Crippen molar-refractivity contribution in [2.24, 2.45) is 0 Å². The number of hydrogen-bond acceptors (Lipinski definition) is 4. The van der Waals surface area contributed by atoms with Gasteiger partial charge >= 0.3 is 0 Å². The highest BCUT2D eigenvalue weighted by atomic mass is 35.5. The first-order valence-corrected chi connectivity index (χ1v) is 8.88. The quantitative estimate of drug-likeness (QED) is 0.776. The maximum Gasteiger partial charge on any atom is 0.245 e. The Bertz CT molecular complexity index is 641. The van der Waals surface area contributed by atoms with Crippen LogP contribution in [-0.4, -0.2) is 63.7 Å². The normalized spacial score (nSPS) is 20.0. The van der Waals surface area contributed by atoms with E-state index in [1.165, 1.54) is 11.8 Å². The molecule has 0 spiro atoms. The zero-order valence-electron chi connectivity index (χ0n) is 14.0. The first-order chi connectivity index (χ1) is 11.8. The second kappa shape index (κ2) is 8.85. The van der Waals surface area contributed by atoms with E-state index in [2.05, 4.69) is 0 Å². The number of rotatable bonds is 6. The van der Waals surface area contributed by atoms with Crippen molar-refractivity contribution in [2.75, 3.05) is 19.7 Å². The van der Waals surface area contributed by atoms with E-state index in [4.69, 9.17) is 28.3 Å². The van der Waals surface area contributed by atoms with Crippen molar-refractivity contribution < 1.29 is 19.8 Å². The molecule has 0 saturated carbocycles. The van der Waals surface area contributed by atoms with Gasteiger partial charge in [0.1, 0.15) is 6.04 Å². The molecule has 2 N–H and O–H groups in total. The van der Waals surface area contributed by atoms with Gasteiger partial charge in [-0.15, -0.1) is 0 Å². The highest BCUT2D eigenvalue weighted by Gasteiger charge is 2.39. The van der Waals surface area contributed by atoms with Gasteiger partial charge in [-0.2, -0.15) is 0 Å². The molecule has 8 heteroatoms. The van der Waals surface area contributed by atoms with Crippen LogP contribution in [0.15, 0.2) is 18.2 Å². The maximum absolute atomic E-state index is 12.9. The Morgan fingerprint density at radius 1 is 1.32 bits per heavy atom. The van der Waals surface area contributed by atoms with E-state index in [-0.39, 0.29) is 37.9 Å². The molecule has 0 aromatic heterocycles. The van der Waals surface area contributed by atoms with Crippen LogP contribution in [0.1, 0.15) is 25.3 Å². The van der Waals surface area contributed by atoms with Gasteiger partial charge in [0.2, 0.25) is 11.8 Å². The SMILES string of the molecule is CC(=O)N1C[C@H](O)C[C@@H]1C(=O)N(CCCO)Cc1ccc(Cl)c(Cl)c1. The van der Waals surface area contributed by atoms with Gasteiger partial charge in [0.25, 0.3) is 0 Å². The third-order valence-electron chi connectivity index (χ3n) is 4.22. The third kappa shape index (κ3) is 5.07. The molecular formula is C17H22Cl2N2O4. The minimum Gasteiger partial charge on any atom is -0.396 e. The van der Waals surface area contributed by atoms with Crippen LogP contribution in [0.5, 0.6) is 0 Å². The van der Waals surface area contributed by atoms with Crippen LogP contribution in [0.2, 0.25) is 10.0 Å². The Balaban J connectivity index is 2.18. The molecule has 1 aliphatic heterocycles. The lowest BCUT2D eigenvalue weighted by Gasteiger charge is -2.29. The number of hydrogen-bond donors (Lipinski definition) is 2. The second-order valence-electron chi connectivity index (χ2n) is 6.16. The molecule has 1 aliphatic rings. The van der Waals surface area contributed by atoms with Crippen LogP contribution in [0.3, 0.4) is 0 Å². The summed E-state index contributed by atoms with van der Waals surface area (Å²) in [5.41, 5.74) is 0.800. The molecular weight excluding hydrogens is 367 g/mol. The Morgan fingerprint density at radius 3 is 2.64 bits per heavy atom. The van der Waals surface area contributed by atoms with Crippen LogP contribution in [0.25, 0.3) is 0 Å². The fourth-order valence-electron chi connectivity index (χ4n) is 2.99. The number of halogens is 2. The molecule has 138 valence electrons. The van der Waals surface area contributed by atoms with E-state index < -0.39 is 12.1 Å². The summed E-state index contributed by atoms with van der Waals surface area (Å²) in [4.78, 5) is 27.7. The predicted octanol–water partition coefficient (Wildman–Crippen LogP) is 1.69. The number of aliphatic hydroxyl groups excluding tert-OH is 2. The fraction of sp³-hybridized carbons (Fsp3) is 0.529. The van der Waals surface area contributed by atoms with Crippen LogP contribution >= 0.6 is 23.2 Å². The minimum atomic E-state index is -0.706. The highest BCUT2D eigenvalue weighted by molar-refractivity contribution is 6.42. The zero-order valence-corrected chi connectivity index (χ0v) is 15.5. The average Bonchev–Trinajstić information content (AvgIpc) is 2.96. The smallest absolute Gasteiger partial charge is 0.245 e. The summed E-state index contributed by atoms with van der Waals surface area (Å²) in [6.07, 6.45) is -0.0693. The van der Waals surface area contributed by atoms with E-state index in [0.717, 1.165) is 5.56 Å². The molecule has 1 aromatic carbocycles. The maximum atomic E-state index is 12.9. The number of benzene rings is 1. The van der Waals surface area contributed by atoms with Gasteiger partial charge in [-0.25, -0.2) is 0 Å². The lowest BCUT2D eigenvalue weighted by Crippen LogP contribution is -2.47. The number of amides is 2. The van der Waals surface area contributed by atoms with Crippen molar-refractivity contribution in [3.63, 3.8) is 0 Å². The lowest BCUT2D eigenvalue weighted by molar-refractivity contribution is -0.143. The van der Waals surface area contributed by atoms with Crippen molar-refractivity contribution in [2.45, 2.75) is 38.5 Å². The Labute approximate surface area is 156 Å². The van der Waals surface area contributed by atoms with Crippen LogP contribution in [0.4, 0.5) is 0 Å². The van der Waals surface area contributed by atoms with Gasteiger partial charge in [-0.1, -0.05) is 29.3 Å². The molecule has 0 aliphatic carbocycles. The number of β-amino-alcohol motifs (C(OH)–C–C–N with tert-alkyl or cyclic N) is 1. The lowest BCUT2D eigenvalue weighted by atomic mass is 10.1. The van der Waals surface area contributed by atoms with Crippen molar-refractivity contribution in [1.29, 1.82) is 0 Å². The molecule has 1 saturated heterocycles. The van der Waals surface area contributed by atoms with Gasteiger partial charge < -0.3 is 20.0 Å². The van der Waals surface area contributed by atoms with E-state index in [0.29, 0.717) is 23.0 Å². The van der Waals surface area contributed by atoms with Gasteiger partial charge in [0.15, 0.2) is 0 Å². The average molecular weight is 389 g/mol. The molecule has 2 amide bonds. The van der Waals surface area contributed by atoms with Crippen LogP contribution in [0, 0.1) is 0 Å². The highest BCUT2D eigenvalue weighted by Crippen LogP contribution is 2.25. The first-order valence-electron chi connectivity index (χ1n) is 8.12. The zero-order chi connectivity index (χ0) is 18.6. The number of likely N-dealkylation sites (tertiary alicyclic amines) is 1. The fourth-order valence-corrected chi connectivity index (χ4v) is 3.31. The molecule has 1 heterocycles. The van der Waals surface area contributed by atoms with Gasteiger partial charge in [-0.3, -0.25) is 9.59 Å². The monoisotopic (exact) mass is 388 g/mol. The van der Waals surface area contributed by atoms with Crippen molar-refractivity contribution in [3.05, 3.63) is 33.8 Å². The number of aliphatic hydroxyl groups is 2. The predicted molar refractivity (Wildman–Crippen MR) is 95.4 cm³/mol. The van der Waals surface area contributed by atoms with E-state index in [1.54, 1.807) is 23.1 Å². The largest absolute Gasteiger partial charge is 0.396 e. The number of carbonyl (C=O) groups is 2. The molecule has 25 heavy (non-hydrogen) atoms. The molecule has 2 rings (SSSR count). The summed E-state index contributed by atoms with van der Waals surface area (Å²) in [7, 11) is 0. The molecule has 1 aromatic rings. The van der Waals surface area contributed by atoms with Gasteiger partial charge in [0, 0.05) is 39.6 Å². The first kappa shape index (κ1) is 20.0. The standard InChI is InChI=1S/C17H22Cl2N2O4/c1-11(23)21-10-13(24)8-16(21)17(25)20(5-2-6-22)9-12-3-4-14(18)15(19)7-12/h3-4,7,13,16,22,24H,2,5-6,8-10H2,1H3/t13-,16-/m1/s1. The molecule has 0 bridgehead atoms. The molecule has 0 unspecified atom stereocenters. The summed E-state index contributed by atoms with van der Waals surface area (Å²) < 4.78 is 0.